The van der Waals surface area contributed by atoms with Gasteiger partial charge in [0.05, 0.1) is 17.5 Å². The lowest BCUT2D eigenvalue weighted by molar-refractivity contribution is 0.102. The first-order valence-electron chi connectivity index (χ1n) is 6.27. The van der Waals surface area contributed by atoms with Gasteiger partial charge in [0.15, 0.2) is 5.13 Å². The monoisotopic (exact) mass is 292 g/mol. The molecule has 0 unspecified atom stereocenters. The first-order valence-corrected chi connectivity index (χ1v) is 7.15. The first kappa shape index (κ1) is 13.0. The standard InChI is InChI=1S/C13H13FN4OS/c1-15-11-9(4-8(14)5-16-11)12(19)18-13-17-10(6-20-13)7-2-3-7/h4-7H,2-3H2,1H3,(H,15,16)(H,17,18,19). The van der Waals surface area contributed by atoms with Crippen LogP contribution in [0.4, 0.5) is 15.3 Å². The molecule has 104 valence electrons. The van der Waals surface area contributed by atoms with Crippen molar-refractivity contribution in [2.45, 2.75) is 18.8 Å². The van der Waals surface area contributed by atoms with E-state index in [9.17, 15) is 9.18 Å². The van der Waals surface area contributed by atoms with E-state index in [-0.39, 0.29) is 5.56 Å². The SMILES string of the molecule is CNc1ncc(F)cc1C(=O)Nc1nc(C2CC2)cs1. The highest BCUT2D eigenvalue weighted by Crippen LogP contribution is 2.40. The third-order valence-corrected chi connectivity index (χ3v) is 3.85. The number of nitrogens with zero attached hydrogens (tertiary/aromatic N) is 2. The van der Waals surface area contributed by atoms with E-state index < -0.39 is 11.7 Å². The molecular weight excluding hydrogens is 279 g/mol. The maximum absolute atomic E-state index is 13.2. The third kappa shape index (κ3) is 2.62. The number of pyridine rings is 1. The summed E-state index contributed by atoms with van der Waals surface area (Å²) < 4.78 is 13.2. The Kier molecular flexibility index (Phi) is 3.35. The quantitative estimate of drug-likeness (QED) is 0.909. The van der Waals surface area contributed by atoms with Gasteiger partial charge in [0, 0.05) is 18.3 Å². The molecule has 0 aliphatic heterocycles. The van der Waals surface area contributed by atoms with Crippen LogP contribution in [0.25, 0.3) is 0 Å². The topological polar surface area (TPSA) is 66.9 Å². The van der Waals surface area contributed by atoms with Crippen LogP contribution in [-0.2, 0) is 0 Å². The van der Waals surface area contributed by atoms with Crippen molar-refractivity contribution in [1.82, 2.24) is 9.97 Å². The summed E-state index contributed by atoms with van der Waals surface area (Å²) in [4.78, 5) is 20.4. The van der Waals surface area contributed by atoms with E-state index in [0.717, 1.165) is 30.8 Å². The molecule has 2 aromatic heterocycles. The van der Waals surface area contributed by atoms with E-state index in [2.05, 4.69) is 20.6 Å². The van der Waals surface area contributed by atoms with Crippen LogP contribution in [0.1, 0.15) is 34.8 Å². The van der Waals surface area contributed by atoms with Crippen molar-refractivity contribution >= 4 is 28.2 Å². The molecule has 1 amide bonds. The maximum Gasteiger partial charge on any atom is 0.261 e. The van der Waals surface area contributed by atoms with Crippen LogP contribution < -0.4 is 10.6 Å². The molecule has 0 aromatic carbocycles. The van der Waals surface area contributed by atoms with Crippen LogP contribution in [0.15, 0.2) is 17.6 Å². The predicted molar refractivity (Wildman–Crippen MR) is 75.8 cm³/mol. The largest absolute Gasteiger partial charge is 0.372 e. The average molecular weight is 292 g/mol. The number of amides is 1. The number of carbonyl (C=O) groups excluding carboxylic acids is 1. The molecule has 0 atom stereocenters. The van der Waals surface area contributed by atoms with Gasteiger partial charge < -0.3 is 5.32 Å². The molecule has 1 aliphatic carbocycles. The average Bonchev–Trinajstić information content (AvgIpc) is 3.19. The summed E-state index contributed by atoms with van der Waals surface area (Å²) in [5, 5.41) is 7.94. The fourth-order valence-electron chi connectivity index (χ4n) is 1.89. The molecule has 2 heterocycles. The number of rotatable bonds is 4. The van der Waals surface area contributed by atoms with Crippen LogP contribution in [0.5, 0.6) is 0 Å². The van der Waals surface area contributed by atoms with Gasteiger partial charge in [-0.2, -0.15) is 0 Å². The summed E-state index contributed by atoms with van der Waals surface area (Å²) >= 11 is 1.38. The second-order valence-electron chi connectivity index (χ2n) is 4.61. The van der Waals surface area contributed by atoms with Crippen LogP contribution in [0.2, 0.25) is 0 Å². The Hall–Kier alpha value is -2.02. The van der Waals surface area contributed by atoms with E-state index in [1.165, 1.54) is 11.3 Å². The van der Waals surface area contributed by atoms with Crippen molar-refractivity contribution in [3.8, 4) is 0 Å². The predicted octanol–water partition coefficient (Wildman–Crippen LogP) is 2.85. The zero-order valence-corrected chi connectivity index (χ0v) is 11.6. The van der Waals surface area contributed by atoms with Crippen LogP contribution in [0.3, 0.4) is 0 Å². The van der Waals surface area contributed by atoms with Crippen LogP contribution in [-0.4, -0.2) is 22.9 Å². The number of hydrogen-bond acceptors (Lipinski definition) is 5. The third-order valence-electron chi connectivity index (χ3n) is 3.07. The van der Waals surface area contributed by atoms with Crippen molar-refractivity contribution < 1.29 is 9.18 Å². The molecule has 0 saturated heterocycles. The minimum atomic E-state index is -0.549. The van der Waals surface area contributed by atoms with Crippen LogP contribution in [0, 0.1) is 5.82 Å². The summed E-state index contributed by atoms with van der Waals surface area (Å²) in [6.07, 6.45) is 3.39. The number of carbonyl (C=O) groups is 1. The summed E-state index contributed by atoms with van der Waals surface area (Å²) in [6, 6.07) is 1.16. The van der Waals surface area contributed by atoms with Gasteiger partial charge >= 0.3 is 0 Å². The Morgan fingerprint density at radius 3 is 3.00 bits per heavy atom. The van der Waals surface area contributed by atoms with Crippen molar-refractivity contribution in [3.63, 3.8) is 0 Å². The second-order valence-corrected chi connectivity index (χ2v) is 5.46. The lowest BCUT2D eigenvalue weighted by Gasteiger charge is -2.07. The number of halogens is 1. The Morgan fingerprint density at radius 1 is 1.50 bits per heavy atom. The van der Waals surface area contributed by atoms with E-state index in [1.54, 1.807) is 7.05 Å². The fraction of sp³-hybridized carbons (Fsp3) is 0.308. The van der Waals surface area contributed by atoms with E-state index in [1.807, 2.05) is 5.38 Å². The summed E-state index contributed by atoms with van der Waals surface area (Å²) in [6.45, 7) is 0. The Morgan fingerprint density at radius 2 is 2.30 bits per heavy atom. The number of nitrogens with one attached hydrogen (secondary N) is 2. The normalized spacial score (nSPS) is 14.1. The van der Waals surface area contributed by atoms with Crippen molar-refractivity contribution in [2.75, 3.05) is 17.7 Å². The summed E-state index contributed by atoms with van der Waals surface area (Å²) in [7, 11) is 1.63. The zero-order chi connectivity index (χ0) is 14.1. The number of hydrogen-bond donors (Lipinski definition) is 2. The molecule has 0 spiro atoms. The lowest BCUT2D eigenvalue weighted by atomic mass is 10.2. The number of aromatic nitrogens is 2. The highest BCUT2D eigenvalue weighted by molar-refractivity contribution is 7.14. The molecule has 1 fully saturated rings. The van der Waals surface area contributed by atoms with Crippen molar-refractivity contribution in [2.24, 2.45) is 0 Å². The fourth-order valence-corrected chi connectivity index (χ4v) is 2.67. The van der Waals surface area contributed by atoms with Crippen molar-refractivity contribution in [1.29, 1.82) is 0 Å². The highest BCUT2D eigenvalue weighted by Gasteiger charge is 2.26. The van der Waals surface area contributed by atoms with Gasteiger partial charge in [-0.05, 0) is 18.9 Å². The molecule has 2 aromatic rings. The molecule has 5 nitrogen and oxygen atoms in total. The molecule has 3 rings (SSSR count). The molecule has 20 heavy (non-hydrogen) atoms. The first-order chi connectivity index (χ1) is 9.67. The Bertz CT molecular complexity index is 654. The number of thiazole rings is 1. The molecular formula is C13H13FN4OS. The summed E-state index contributed by atoms with van der Waals surface area (Å²) in [5.74, 6) is -0.0894. The molecule has 2 N–H and O–H groups in total. The van der Waals surface area contributed by atoms with Gasteiger partial charge in [-0.15, -0.1) is 11.3 Å². The van der Waals surface area contributed by atoms with Crippen molar-refractivity contribution in [3.05, 3.63) is 34.7 Å². The number of anilines is 2. The molecule has 0 bridgehead atoms. The smallest absolute Gasteiger partial charge is 0.261 e. The van der Waals surface area contributed by atoms with Gasteiger partial charge in [-0.25, -0.2) is 14.4 Å². The summed E-state index contributed by atoms with van der Waals surface area (Å²) in [5.41, 5.74) is 1.19. The molecule has 1 aliphatic rings. The Balaban J connectivity index is 1.79. The van der Waals surface area contributed by atoms with Crippen LogP contribution >= 0.6 is 11.3 Å². The van der Waals surface area contributed by atoms with E-state index in [4.69, 9.17) is 0 Å². The van der Waals surface area contributed by atoms with Gasteiger partial charge in [-0.3, -0.25) is 10.1 Å². The lowest BCUT2D eigenvalue weighted by Crippen LogP contribution is -2.15. The molecule has 1 saturated carbocycles. The Labute approximate surface area is 119 Å². The minimum Gasteiger partial charge on any atom is -0.372 e. The maximum atomic E-state index is 13.2. The zero-order valence-electron chi connectivity index (χ0n) is 10.8. The van der Waals surface area contributed by atoms with E-state index in [0.29, 0.717) is 16.9 Å². The van der Waals surface area contributed by atoms with Gasteiger partial charge in [0.25, 0.3) is 5.91 Å². The van der Waals surface area contributed by atoms with Gasteiger partial charge in [0.2, 0.25) is 0 Å². The highest BCUT2D eigenvalue weighted by atomic mass is 32.1. The molecule has 7 heteroatoms. The minimum absolute atomic E-state index is 0.163. The van der Waals surface area contributed by atoms with E-state index >= 15 is 0 Å². The second kappa shape index (κ2) is 5.16. The molecule has 0 radical (unpaired) electrons. The van der Waals surface area contributed by atoms with Gasteiger partial charge in [-0.1, -0.05) is 0 Å². The van der Waals surface area contributed by atoms with Gasteiger partial charge in [0.1, 0.15) is 11.6 Å².